The fraction of sp³-hybridized carbons (Fsp3) is 0.500. The van der Waals surface area contributed by atoms with Gasteiger partial charge >= 0.3 is 5.97 Å². The molecule has 112 valence electrons. The number of hydrogen-bond donors (Lipinski definition) is 1. The minimum absolute atomic E-state index is 0.161. The molecule has 5 nitrogen and oxygen atoms in total. The van der Waals surface area contributed by atoms with E-state index in [1.807, 2.05) is 20.8 Å². The number of carboxylic acids is 1. The molecule has 0 aliphatic heterocycles. The molecule has 1 unspecified atom stereocenters. The first-order valence-corrected chi connectivity index (χ1v) is 7.92. The normalized spacial score (nSPS) is 13.7. The van der Waals surface area contributed by atoms with Crippen LogP contribution in [0.25, 0.3) is 0 Å². The van der Waals surface area contributed by atoms with Crippen LogP contribution in [0.3, 0.4) is 0 Å². The highest BCUT2D eigenvalue weighted by atomic mass is 32.2. The molecule has 0 heterocycles. The second kappa shape index (κ2) is 6.37. The molecule has 20 heavy (non-hydrogen) atoms. The predicted molar refractivity (Wildman–Crippen MR) is 77.3 cm³/mol. The van der Waals surface area contributed by atoms with Gasteiger partial charge in [-0.15, -0.1) is 0 Å². The minimum Gasteiger partial charge on any atom is -0.478 e. The van der Waals surface area contributed by atoms with Gasteiger partial charge in [-0.1, -0.05) is 26.0 Å². The Morgan fingerprint density at radius 3 is 2.30 bits per heavy atom. The molecule has 1 N–H and O–H groups in total. The number of nitrogens with zero attached hydrogens (tertiary/aromatic N) is 1. The molecule has 0 amide bonds. The van der Waals surface area contributed by atoms with Gasteiger partial charge in [-0.25, -0.2) is 13.2 Å². The number of hydrogen-bond acceptors (Lipinski definition) is 3. The summed E-state index contributed by atoms with van der Waals surface area (Å²) in [5, 5.41) is 9.11. The van der Waals surface area contributed by atoms with E-state index in [1.165, 1.54) is 35.6 Å². The highest BCUT2D eigenvalue weighted by molar-refractivity contribution is 7.89. The third-order valence-electron chi connectivity index (χ3n) is 3.21. The van der Waals surface area contributed by atoms with E-state index < -0.39 is 16.0 Å². The summed E-state index contributed by atoms with van der Waals surface area (Å²) in [6, 6.07) is 5.48. The largest absolute Gasteiger partial charge is 0.478 e. The Kier molecular flexibility index (Phi) is 5.30. The standard InChI is InChI=1S/C14H21NO4S/c1-10(2)9-11(3)15(4)20(18,19)13-8-6-5-7-12(13)14(16)17/h5-8,10-11H,9H2,1-4H3,(H,16,17). The lowest BCUT2D eigenvalue weighted by atomic mass is 10.1. The van der Waals surface area contributed by atoms with Crippen LogP contribution in [0.4, 0.5) is 0 Å². The van der Waals surface area contributed by atoms with Crippen LogP contribution in [-0.4, -0.2) is 36.9 Å². The first-order valence-electron chi connectivity index (χ1n) is 6.48. The van der Waals surface area contributed by atoms with Crippen LogP contribution in [0.2, 0.25) is 0 Å². The zero-order chi connectivity index (χ0) is 15.5. The van der Waals surface area contributed by atoms with E-state index in [9.17, 15) is 13.2 Å². The Hall–Kier alpha value is -1.40. The average Bonchev–Trinajstić information content (AvgIpc) is 2.36. The summed E-state index contributed by atoms with van der Waals surface area (Å²) in [7, 11) is -2.32. The van der Waals surface area contributed by atoms with Gasteiger partial charge in [0.05, 0.1) is 10.5 Å². The summed E-state index contributed by atoms with van der Waals surface area (Å²) in [6.07, 6.45) is 0.713. The van der Waals surface area contributed by atoms with Gasteiger partial charge in [-0.2, -0.15) is 4.31 Å². The molecule has 0 radical (unpaired) electrons. The van der Waals surface area contributed by atoms with Crippen molar-refractivity contribution >= 4 is 16.0 Å². The van der Waals surface area contributed by atoms with Gasteiger partial charge in [-0.3, -0.25) is 0 Å². The van der Waals surface area contributed by atoms with Crippen LogP contribution in [0.1, 0.15) is 37.6 Å². The van der Waals surface area contributed by atoms with Gasteiger partial charge in [0.2, 0.25) is 10.0 Å². The van der Waals surface area contributed by atoms with Crippen molar-refractivity contribution in [2.45, 2.75) is 38.1 Å². The molecule has 6 heteroatoms. The zero-order valence-electron chi connectivity index (χ0n) is 12.2. The van der Waals surface area contributed by atoms with Gasteiger partial charge in [0.25, 0.3) is 0 Å². The quantitative estimate of drug-likeness (QED) is 0.875. The van der Waals surface area contributed by atoms with E-state index in [2.05, 4.69) is 0 Å². The molecule has 1 atom stereocenters. The second-order valence-corrected chi connectivity index (χ2v) is 7.27. The van der Waals surface area contributed by atoms with Crippen LogP contribution in [-0.2, 0) is 10.0 Å². The first kappa shape index (κ1) is 16.7. The summed E-state index contributed by atoms with van der Waals surface area (Å²) in [5.74, 6) is -0.883. The van der Waals surface area contributed by atoms with Crippen molar-refractivity contribution in [2.24, 2.45) is 5.92 Å². The lowest BCUT2D eigenvalue weighted by Gasteiger charge is -2.26. The summed E-state index contributed by atoms with van der Waals surface area (Å²) >= 11 is 0. The molecule has 0 saturated heterocycles. The second-order valence-electron chi connectivity index (χ2n) is 5.30. The molecular weight excluding hydrogens is 278 g/mol. The van der Waals surface area contributed by atoms with Gasteiger partial charge in [0.15, 0.2) is 0 Å². The first-order chi connectivity index (χ1) is 9.17. The molecular formula is C14H21NO4S. The number of carbonyl (C=O) groups is 1. The summed E-state index contributed by atoms with van der Waals surface area (Å²) < 4.78 is 26.3. The van der Waals surface area contributed by atoms with Crippen LogP contribution >= 0.6 is 0 Å². The molecule has 0 saturated carbocycles. The minimum atomic E-state index is -3.81. The van der Waals surface area contributed by atoms with Crippen molar-refractivity contribution in [2.75, 3.05) is 7.05 Å². The van der Waals surface area contributed by atoms with E-state index in [-0.39, 0.29) is 16.5 Å². The SMILES string of the molecule is CC(C)CC(C)N(C)S(=O)(=O)c1ccccc1C(=O)O. The third kappa shape index (κ3) is 3.58. The number of sulfonamides is 1. The average molecular weight is 299 g/mol. The highest BCUT2D eigenvalue weighted by Crippen LogP contribution is 2.23. The monoisotopic (exact) mass is 299 g/mol. The number of benzene rings is 1. The molecule has 0 spiro atoms. The summed E-state index contributed by atoms with van der Waals surface area (Å²) in [4.78, 5) is 11.0. The molecule has 0 fully saturated rings. The highest BCUT2D eigenvalue weighted by Gasteiger charge is 2.29. The van der Waals surface area contributed by atoms with Crippen molar-refractivity contribution in [1.82, 2.24) is 4.31 Å². The van der Waals surface area contributed by atoms with Crippen LogP contribution < -0.4 is 0 Å². The van der Waals surface area contributed by atoms with Crippen molar-refractivity contribution in [3.8, 4) is 0 Å². The fourth-order valence-corrected chi connectivity index (χ4v) is 3.64. The lowest BCUT2D eigenvalue weighted by molar-refractivity contribution is 0.0692. The predicted octanol–water partition coefficient (Wildman–Crippen LogP) is 2.44. The Balaban J connectivity index is 3.20. The van der Waals surface area contributed by atoms with E-state index in [0.717, 1.165) is 0 Å². The lowest BCUT2D eigenvalue weighted by Crippen LogP contribution is -2.36. The topological polar surface area (TPSA) is 74.7 Å². The smallest absolute Gasteiger partial charge is 0.337 e. The van der Waals surface area contributed by atoms with Crippen molar-refractivity contribution in [3.05, 3.63) is 29.8 Å². The van der Waals surface area contributed by atoms with Crippen molar-refractivity contribution in [3.63, 3.8) is 0 Å². The maximum atomic E-state index is 12.5. The van der Waals surface area contributed by atoms with E-state index >= 15 is 0 Å². The number of carboxylic acid groups (broad SMARTS) is 1. The zero-order valence-corrected chi connectivity index (χ0v) is 13.0. The summed E-state index contributed by atoms with van der Waals surface area (Å²) in [5.41, 5.74) is -0.198. The molecule has 0 aromatic heterocycles. The summed E-state index contributed by atoms with van der Waals surface area (Å²) in [6.45, 7) is 5.85. The molecule has 0 bridgehead atoms. The van der Waals surface area contributed by atoms with Crippen LogP contribution in [0.15, 0.2) is 29.2 Å². The Labute approximate surface area is 120 Å². The fourth-order valence-electron chi connectivity index (χ4n) is 2.09. The number of rotatable bonds is 6. The van der Waals surface area contributed by atoms with E-state index in [1.54, 1.807) is 0 Å². The van der Waals surface area contributed by atoms with Crippen LogP contribution in [0.5, 0.6) is 0 Å². The van der Waals surface area contributed by atoms with Gasteiger partial charge in [0, 0.05) is 13.1 Å². The molecule has 0 aliphatic carbocycles. The van der Waals surface area contributed by atoms with Crippen LogP contribution in [0, 0.1) is 5.92 Å². The third-order valence-corrected chi connectivity index (χ3v) is 5.24. The van der Waals surface area contributed by atoms with Gasteiger partial charge < -0.3 is 5.11 Å². The molecule has 1 aromatic carbocycles. The Morgan fingerprint density at radius 2 is 1.80 bits per heavy atom. The van der Waals surface area contributed by atoms with Crippen molar-refractivity contribution in [1.29, 1.82) is 0 Å². The van der Waals surface area contributed by atoms with E-state index in [4.69, 9.17) is 5.11 Å². The Bertz CT molecular complexity index is 581. The van der Waals surface area contributed by atoms with Crippen molar-refractivity contribution < 1.29 is 18.3 Å². The van der Waals surface area contributed by atoms with Gasteiger partial charge in [-0.05, 0) is 31.4 Å². The maximum Gasteiger partial charge on any atom is 0.337 e. The Morgan fingerprint density at radius 1 is 1.25 bits per heavy atom. The van der Waals surface area contributed by atoms with E-state index in [0.29, 0.717) is 12.3 Å². The molecule has 1 aromatic rings. The van der Waals surface area contributed by atoms with Gasteiger partial charge in [0.1, 0.15) is 0 Å². The maximum absolute atomic E-state index is 12.5. The number of aromatic carboxylic acids is 1. The molecule has 1 rings (SSSR count). The molecule has 0 aliphatic rings.